The summed E-state index contributed by atoms with van der Waals surface area (Å²) in [4.78, 5) is 17.9. The van der Waals surface area contributed by atoms with E-state index in [0.29, 0.717) is 46.6 Å². The van der Waals surface area contributed by atoms with Gasteiger partial charge in [0.1, 0.15) is 0 Å². The Balaban J connectivity index is 1.41. The average molecular weight is 691 g/mol. The molecule has 0 amide bonds. The summed E-state index contributed by atoms with van der Waals surface area (Å²) >= 11 is 0. The van der Waals surface area contributed by atoms with Crippen molar-refractivity contribution in [1.82, 2.24) is 9.97 Å². The summed E-state index contributed by atoms with van der Waals surface area (Å²) in [5.41, 5.74) is 10.5. The Bertz CT molecular complexity index is 2250. The highest BCUT2D eigenvalue weighted by Gasteiger charge is 2.57. The molecule has 52 heavy (non-hydrogen) atoms. The van der Waals surface area contributed by atoms with E-state index in [0.717, 1.165) is 25.0 Å². The minimum atomic E-state index is -0.388. The minimum absolute atomic E-state index is 0.219. The minimum Gasteiger partial charge on any atom is -0.435 e. The summed E-state index contributed by atoms with van der Waals surface area (Å²) in [7, 11) is 0. The number of hydrogen-bond donors (Lipinski definition) is 0. The lowest BCUT2D eigenvalue weighted by atomic mass is 9.72. The van der Waals surface area contributed by atoms with Crippen LogP contribution in [-0.2, 0) is 16.2 Å². The quantitative estimate of drug-likeness (QED) is 0.0987. The maximum atomic E-state index is 6.52. The van der Waals surface area contributed by atoms with E-state index in [-0.39, 0.29) is 16.2 Å². The van der Waals surface area contributed by atoms with Crippen LogP contribution in [-0.4, -0.2) is 21.8 Å². The number of nitrogens with zero attached hydrogens (tertiary/aromatic N) is 4. The number of pyridine rings is 2. The van der Waals surface area contributed by atoms with Gasteiger partial charge in [0, 0.05) is 35.6 Å². The first kappa shape index (κ1) is 34.5. The van der Waals surface area contributed by atoms with Gasteiger partial charge < -0.3 is 18.9 Å². The number of hydrogen-bond acceptors (Lipinski definition) is 8. The Morgan fingerprint density at radius 2 is 1.48 bits per heavy atom. The monoisotopic (exact) mass is 690 g/mol. The van der Waals surface area contributed by atoms with E-state index in [1.54, 1.807) is 12.3 Å². The van der Waals surface area contributed by atoms with Gasteiger partial charge in [-0.25, -0.2) is 20.0 Å². The number of benzene rings is 2. The van der Waals surface area contributed by atoms with E-state index in [1.165, 1.54) is 34.7 Å². The molecule has 4 aromatic rings. The van der Waals surface area contributed by atoms with E-state index < -0.39 is 0 Å². The lowest BCUT2D eigenvalue weighted by Gasteiger charge is -2.31. The molecule has 3 aliphatic rings. The molecule has 0 saturated heterocycles. The fourth-order valence-electron chi connectivity index (χ4n) is 7.81. The molecule has 0 fully saturated rings. The van der Waals surface area contributed by atoms with E-state index >= 15 is 0 Å². The zero-order chi connectivity index (χ0) is 36.5. The number of fused-ring (bicyclic) bond motifs is 4. The number of allylic oxidation sites excluding steroid dienone is 1. The van der Waals surface area contributed by atoms with Crippen molar-refractivity contribution >= 4 is 11.8 Å². The van der Waals surface area contributed by atoms with Crippen LogP contribution in [0.5, 0.6) is 34.8 Å². The van der Waals surface area contributed by atoms with E-state index in [2.05, 4.69) is 96.9 Å². The Morgan fingerprint density at radius 3 is 2.12 bits per heavy atom. The fraction of sp³-hybridized carbons (Fsp3) is 0.273. The molecule has 1 unspecified atom stereocenters. The second-order valence-electron chi connectivity index (χ2n) is 14.6. The lowest BCUT2D eigenvalue weighted by Crippen LogP contribution is -2.27. The molecule has 7 rings (SSSR count). The lowest BCUT2D eigenvalue weighted by molar-refractivity contribution is 0.349. The predicted octanol–water partition coefficient (Wildman–Crippen LogP) is 10.5. The standard InChI is InChI=1S/C44H42N4O4/c1-8-10-17-38(45-9-2)49-34-23-30-32(25-36(34)50-39-18-11-13-21-46-39)44(27-42(30,4)5)28-43(6,7)31-24-35(52-41-20-15-16-29(3)48-41)37(26-33(31)44)51-40-19-12-14-22-47-40/h9-11,13,15-26H,2,8,27-28H2,1,3-7H3/b17-10-,45-38+. The van der Waals surface area contributed by atoms with Gasteiger partial charge in [-0.2, -0.15) is 0 Å². The summed E-state index contributed by atoms with van der Waals surface area (Å²) in [5, 5.41) is 0. The molecule has 1 atom stereocenters. The number of aliphatic imine (C=N–C) groups is 2. The normalized spacial score (nSPS) is 19.0. The molecule has 0 N–H and O–H groups in total. The largest absolute Gasteiger partial charge is 0.435 e. The summed E-state index contributed by atoms with van der Waals surface area (Å²) in [6.45, 7) is 17.0. The van der Waals surface area contributed by atoms with Crippen LogP contribution < -0.4 is 18.9 Å². The number of ether oxygens (including phenoxy) is 4. The second-order valence-corrected chi connectivity index (χ2v) is 14.6. The van der Waals surface area contributed by atoms with Gasteiger partial charge in [-0.1, -0.05) is 65.1 Å². The summed E-state index contributed by atoms with van der Waals surface area (Å²) < 4.78 is 26.0. The predicted molar refractivity (Wildman–Crippen MR) is 204 cm³/mol. The molecule has 2 aromatic carbocycles. The van der Waals surface area contributed by atoms with E-state index in [9.17, 15) is 0 Å². The molecular formula is C44H42N4O4. The molecule has 2 aromatic heterocycles. The first-order chi connectivity index (χ1) is 25.0. The highest BCUT2D eigenvalue weighted by molar-refractivity contribution is 5.91. The SMILES string of the molecule is C=C/N=C(\C=C/CC)Oc1cc2c(cc1Oc1ccccn1)C1(CC(C)(C)c3cc(Oc4cccc(C)n4)c(OC4=NC=C=C=C4)cc31)CC2(C)C. The molecule has 1 aliphatic heterocycles. The maximum Gasteiger partial charge on any atom is 0.228 e. The Morgan fingerprint density at radius 1 is 0.827 bits per heavy atom. The summed E-state index contributed by atoms with van der Waals surface area (Å²) in [5.74, 6) is 3.95. The Labute approximate surface area is 305 Å². The zero-order valence-electron chi connectivity index (χ0n) is 30.5. The van der Waals surface area contributed by atoms with Gasteiger partial charge in [0.15, 0.2) is 23.0 Å². The number of aryl methyl sites for hydroxylation is 1. The van der Waals surface area contributed by atoms with Gasteiger partial charge >= 0.3 is 0 Å². The summed E-state index contributed by atoms with van der Waals surface area (Å²) in [6, 6.07) is 19.8. The topological polar surface area (TPSA) is 87.4 Å². The molecule has 262 valence electrons. The Hall–Kier alpha value is -5.94. The van der Waals surface area contributed by atoms with Crippen LogP contribution >= 0.6 is 0 Å². The van der Waals surface area contributed by atoms with Crippen molar-refractivity contribution in [3.63, 3.8) is 0 Å². The van der Waals surface area contributed by atoms with E-state index in [4.69, 9.17) is 18.9 Å². The molecule has 2 aliphatic carbocycles. The van der Waals surface area contributed by atoms with Crippen molar-refractivity contribution < 1.29 is 18.9 Å². The average Bonchev–Trinajstić information content (AvgIpc) is 3.46. The molecule has 0 radical (unpaired) electrons. The third kappa shape index (κ3) is 6.62. The van der Waals surface area contributed by atoms with Crippen molar-refractivity contribution in [2.24, 2.45) is 9.98 Å². The van der Waals surface area contributed by atoms with Gasteiger partial charge in [0.2, 0.25) is 23.6 Å². The maximum absolute atomic E-state index is 6.52. The smallest absolute Gasteiger partial charge is 0.228 e. The van der Waals surface area contributed by atoms with Crippen molar-refractivity contribution in [2.45, 2.75) is 77.0 Å². The van der Waals surface area contributed by atoms with Crippen LogP contribution in [0.25, 0.3) is 0 Å². The summed E-state index contributed by atoms with van der Waals surface area (Å²) in [6.07, 6.45) is 12.8. The van der Waals surface area contributed by atoms with Crippen LogP contribution in [0, 0.1) is 6.92 Å². The molecular weight excluding hydrogens is 649 g/mol. The van der Waals surface area contributed by atoms with Gasteiger partial charge in [-0.3, -0.25) is 0 Å². The highest BCUT2D eigenvalue weighted by Crippen LogP contribution is 2.65. The first-order valence-electron chi connectivity index (χ1n) is 17.5. The van der Waals surface area contributed by atoms with Crippen molar-refractivity contribution in [1.29, 1.82) is 0 Å². The zero-order valence-corrected chi connectivity index (χ0v) is 30.5. The number of aromatic nitrogens is 2. The van der Waals surface area contributed by atoms with Gasteiger partial charge in [0.05, 0.1) is 12.3 Å². The van der Waals surface area contributed by atoms with Crippen LogP contribution in [0.3, 0.4) is 0 Å². The third-order valence-electron chi connectivity index (χ3n) is 9.75. The third-order valence-corrected chi connectivity index (χ3v) is 9.75. The molecule has 1 spiro atoms. The second kappa shape index (κ2) is 13.6. The highest BCUT2D eigenvalue weighted by atomic mass is 16.5. The van der Waals surface area contributed by atoms with Crippen LogP contribution in [0.2, 0.25) is 0 Å². The van der Waals surface area contributed by atoms with Crippen LogP contribution in [0.4, 0.5) is 0 Å². The molecule has 0 bridgehead atoms. The van der Waals surface area contributed by atoms with Crippen molar-refractivity contribution in [3.8, 4) is 34.8 Å². The number of rotatable bonds is 9. The van der Waals surface area contributed by atoms with Gasteiger partial charge in [-0.15, -0.1) is 0 Å². The molecule has 8 heteroatoms. The van der Waals surface area contributed by atoms with Crippen LogP contribution in [0.15, 0.2) is 126 Å². The van der Waals surface area contributed by atoms with E-state index in [1.807, 2.05) is 55.5 Å². The van der Waals surface area contributed by atoms with Gasteiger partial charge in [-0.05, 0) is 107 Å². The molecule has 0 saturated carbocycles. The first-order valence-corrected chi connectivity index (χ1v) is 17.5. The van der Waals surface area contributed by atoms with Gasteiger partial charge in [0.25, 0.3) is 0 Å². The fourth-order valence-corrected chi connectivity index (χ4v) is 7.81. The Kier molecular flexibility index (Phi) is 9.06. The van der Waals surface area contributed by atoms with Crippen LogP contribution in [0.1, 0.15) is 81.8 Å². The molecule has 3 heterocycles. The van der Waals surface area contributed by atoms with Crippen molar-refractivity contribution in [3.05, 3.63) is 143 Å². The molecule has 8 nitrogen and oxygen atoms in total. The van der Waals surface area contributed by atoms with Crippen molar-refractivity contribution in [2.75, 3.05) is 0 Å².